The van der Waals surface area contributed by atoms with Gasteiger partial charge >= 0.3 is 0 Å². The molecule has 0 N–H and O–H groups in total. The van der Waals surface area contributed by atoms with Gasteiger partial charge in [0.2, 0.25) is 0 Å². The molecular formula is C44H31N3. The van der Waals surface area contributed by atoms with Gasteiger partial charge in [0.25, 0.3) is 0 Å². The maximum absolute atomic E-state index is 2.46. The Morgan fingerprint density at radius 3 is 1.13 bits per heavy atom. The van der Waals surface area contributed by atoms with Crippen LogP contribution in [0, 0.1) is 13.8 Å². The van der Waals surface area contributed by atoms with E-state index in [2.05, 4.69) is 179 Å². The summed E-state index contributed by atoms with van der Waals surface area (Å²) in [7, 11) is 0. The van der Waals surface area contributed by atoms with Crippen LogP contribution in [0.15, 0.2) is 152 Å². The summed E-state index contributed by atoms with van der Waals surface area (Å²) in [5, 5.41) is 7.57. The molecule has 47 heavy (non-hydrogen) atoms. The number of nitrogens with zero attached hydrogens (tertiary/aromatic N) is 3. The van der Waals surface area contributed by atoms with Crippen LogP contribution in [0.4, 0.5) is 0 Å². The molecule has 10 rings (SSSR count). The standard InChI is InChI=1S/C44H31N3/c1-28-19-20-29(2)44(25-28)47-42-23-21-30(45-38-15-7-3-11-32(38)33-12-4-8-16-39(33)45)26-36(42)37-27-31(22-24-43(37)47)46-40-17-9-5-13-34(40)35-14-6-10-18-41(35)46/h3-27H,1-2H3. The van der Waals surface area contributed by atoms with Crippen molar-refractivity contribution in [3.8, 4) is 17.1 Å². The molecular weight excluding hydrogens is 571 g/mol. The van der Waals surface area contributed by atoms with Gasteiger partial charge in [-0.2, -0.15) is 0 Å². The molecule has 3 heteroatoms. The molecule has 3 aromatic heterocycles. The Balaban J connectivity index is 1.32. The number of benzene rings is 7. The van der Waals surface area contributed by atoms with Crippen molar-refractivity contribution in [1.29, 1.82) is 0 Å². The third kappa shape index (κ3) is 3.68. The van der Waals surface area contributed by atoms with Crippen LogP contribution in [0.5, 0.6) is 0 Å². The summed E-state index contributed by atoms with van der Waals surface area (Å²) in [5.74, 6) is 0. The summed E-state index contributed by atoms with van der Waals surface area (Å²) in [6.07, 6.45) is 0. The predicted molar refractivity (Wildman–Crippen MR) is 199 cm³/mol. The van der Waals surface area contributed by atoms with Gasteiger partial charge in [-0.25, -0.2) is 0 Å². The van der Waals surface area contributed by atoms with E-state index in [1.165, 1.54) is 82.2 Å². The van der Waals surface area contributed by atoms with Crippen molar-refractivity contribution in [2.24, 2.45) is 0 Å². The number of rotatable bonds is 3. The molecule has 0 saturated carbocycles. The highest BCUT2D eigenvalue weighted by Crippen LogP contribution is 2.39. The Hall–Kier alpha value is -6.06. The first-order valence-electron chi connectivity index (χ1n) is 16.3. The van der Waals surface area contributed by atoms with Crippen LogP contribution >= 0.6 is 0 Å². The number of para-hydroxylation sites is 4. The Labute approximate surface area is 272 Å². The maximum Gasteiger partial charge on any atom is 0.0542 e. The van der Waals surface area contributed by atoms with E-state index in [4.69, 9.17) is 0 Å². The van der Waals surface area contributed by atoms with Crippen molar-refractivity contribution < 1.29 is 0 Å². The Morgan fingerprint density at radius 2 is 0.702 bits per heavy atom. The van der Waals surface area contributed by atoms with Gasteiger partial charge in [0.15, 0.2) is 0 Å². The van der Waals surface area contributed by atoms with E-state index < -0.39 is 0 Å². The third-order valence-corrected chi connectivity index (χ3v) is 10.0. The number of fused-ring (bicyclic) bond motifs is 9. The molecule has 0 spiro atoms. The van der Waals surface area contributed by atoms with Crippen molar-refractivity contribution >= 4 is 65.4 Å². The minimum absolute atomic E-state index is 1.16. The van der Waals surface area contributed by atoms with Crippen molar-refractivity contribution in [2.45, 2.75) is 13.8 Å². The minimum atomic E-state index is 1.16. The Morgan fingerprint density at radius 1 is 0.319 bits per heavy atom. The van der Waals surface area contributed by atoms with Gasteiger partial charge in [-0.15, -0.1) is 0 Å². The van der Waals surface area contributed by atoms with Gasteiger partial charge in [0.1, 0.15) is 0 Å². The topological polar surface area (TPSA) is 14.8 Å². The average molecular weight is 602 g/mol. The lowest BCUT2D eigenvalue weighted by atomic mass is 10.1. The van der Waals surface area contributed by atoms with Gasteiger partial charge in [-0.1, -0.05) is 84.9 Å². The molecule has 7 aromatic carbocycles. The SMILES string of the molecule is Cc1ccc(C)c(-n2c3ccc(-n4c5ccccc5c5ccccc54)cc3c3cc(-n4c5ccccc5c5ccccc54)ccc32)c1. The first-order valence-corrected chi connectivity index (χ1v) is 16.3. The quantitative estimate of drug-likeness (QED) is 0.191. The highest BCUT2D eigenvalue weighted by atomic mass is 15.0. The normalized spacial score (nSPS) is 12.0. The number of aryl methyl sites for hydroxylation is 2. The zero-order chi connectivity index (χ0) is 31.2. The molecule has 0 aliphatic heterocycles. The number of hydrogen-bond donors (Lipinski definition) is 0. The fourth-order valence-corrected chi connectivity index (χ4v) is 7.90. The lowest BCUT2D eigenvalue weighted by Crippen LogP contribution is -1.99. The molecule has 0 fully saturated rings. The summed E-state index contributed by atoms with van der Waals surface area (Å²) < 4.78 is 7.29. The summed E-state index contributed by atoms with van der Waals surface area (Å²) in [6.45, 7) is 4.39. The smallest absolute Gasteiger partial charge is 0.0542 e. The molecule has 0 amide bonds. The highest BCUT2D eigenvalue weighted by molar-refractivity contribution is 6.14. The zero-order valence-corrected chi connectivity index (χ0v) is 26.3. The highest BCUT2D eigenvalue weighted by Gasteiger charge is 2.19. The molecule has 0 atom stereocenters. The molecule has 3 heterocycles. The minimum Gasteiger partial charge on any atom is -0.309 e. The molecule has 0 saturated heterocycles. The van der Waals surface area contributed by atoms with Crippen molar-refractivity contribution in [3.63, 3.8) is 0 Å². The Bertz CT molecular complexity index is 2600. The third-order valence-electron chi connectivity index (χ3n) is 10.0. The second-order valence-corrected chi connectivity index (χ2v) is 12.8. The fraction of sp³-hybridized carbons (Fsp3) is 0.0455. The van der Waals surface area contributed by atoms with E-state index >= 15 is 0 Å². The average Bonchev–Trinajstić information content (AvgIpc) is 3.74. The van der Waals surface area contributed by atoms with Crippen LogP contribution in [0.3, 0.4) is 0 Å². The van der Waals surface area contributed by atoms with Crippen LogP contribution < -0.4 is 0 Å². The molecule has 222 valence electrons. The first kappa shape index (κ1) is 26.2. The summed E-state index contributed by atoms with van der Waals surface area (Å²) >= 11 is 0. The van der Waals surface area contributed by atoms with Gasteiger partial charge in [-0.05, 0) is 91.7 Å². The van der Waals surface area contributed by atoms with E-state index in [-0.39, 0.29) is 0 Å². The second-order valence-electron chi connectivity index (χ2n) is 12.8. The van der Waals surface area contributed by atoms with E-state index in [0.29, 0.717) is 0 Å². The van der Waals surface area contributed by atoms with E-state index in [1.807, 2.05) is 0 Å². The van der Waals surface area contributed by atoms with Crippen LogP contribution in [-0.2, 0) is 0 Å². The predicted octanol–water partition coefficient (Wildman–Crippen LogP) is 11.6. The fourth-order valence-electron chi connectivity index (χ4n) is 7.90. The van der Waals surface area contributed by atoms with E-state index in [9.17, 15) is 0 Å². The number of aromatic nitrogens is 3. The van der Waals surface area contributed by atoms with Crippen LogP contribution in [0.2, 0.25) is 0 Å². The molecule has 0 aliphatic carbocycles. The van der Waals surface area contributed by atoms with Gasteiger partial charge in [-0.3, -0.25) is 0 Å². The molecule has 0 bridgehead atoms. The Kier molecular flexibility index (Phi) is 5.41. The van der Waals surface area contributed by atoms with E-state index in [1.54, 1.807) is 0 Å². The maximum atomic E-state index is 2.46. The zero-order valence-electron chi connectivity index (χ0n) is 26.3. The molecule has 0 aliphatic rings. The lowest BCUT2D eigenvalue weighted by Gasteiger charge is -2.13. The van der Waals surface area contributed by atoms with Crippen molar-refractivity contribution in [1.82, 2.24) is 13.7 Å². The van der Waals surface area contributed by atoms with Crippen LogP contribution in [0.1, 0.15) is 11.1 Å². The lowest BCUT2D eigenvalue weighted by molar-refractivity contribution is 1.13. The summed E-state index contributed by atoms with van der Waals surface area (Å²) in [5.41, 5.74) is 13.4. The van der Waals surface area contributed by atoms with Crippen molar-refractivity contribution in [3.05, 3.63) is 163 Å². The molecule has 3 nitrogen and oxygen atoms in total. The molecule has 0 radical (unpaired) electrons. The van der Waals surface area contributed by atoms with Crippen LogP contribution in [-0.4, -0.2) is 13.7 Å². The first-order chi connectivity index (χ1) is 23.2. The summed E-state index contributed by atoms with van der Waals surface area (Å²) in [4.78, 5) is 0. The van der Waals surface area contributed by atoms with Crippen LogP contribution in [0.25, 0.3) is 82.5 Å². The van der Waals surface area contributed by atoms with Gasteiger partial charge < -0.3 is 13.7 Å². The second kappa shape index (κ2) is 9.72. The largest absolute Gasteiger partial charge is 0.309 e. The number of hydrogen-bond acceptors (Lipinski definition) is 0. The molecule has 10 aromatic rings. The van der Waals surface area contributed by atoms with Gasteiger partial charge in [0, 0.05) is 49.4 Å². The van der Waals surface area contributed by atoms with Gasteiger partial charge in [0.05, 0.1) is 33.1 Å². The molecule has 0 unspecified atom stereocenters. The summed E-state index contributed by atoms with van der Waals surface area (Å²) in [6, 6.07) is 55.7. The monoisotopic (exact) mass is 601 g/mol. The van der Waals surface area contributed by atoms with E-state index in [0.717, 1.165) is 11.4 Å². The van der Waals surface area contributed by atoms with Crippen molar-refractivity contribution in [2.75, 3.05) is 0 Å².